The van der Waals surface area contributed by atoms with Crippen molar-refractivity contribution in [2.75, 3.05) is 10.6 Å². The van der Waals surface area contributed by atoms with Gasteiger partial charge in [-0.2, -0.15) is 13.2 Å². The van der Waals surface area contributed by atoms with Crippen molar-refractivity contribution >= 4 is 17.3 Å². The van der Waals surface area contributed by atoms with Crippen LogP contribution in [0.4, 0.5) is 24.5 Å². The Hall–Kier alpha value is -3.35. The maximum atomic E-state index is 12.7. The molecule has 4 nitrogen and oxygen atoms in total. The van der Waals surface area contributed by atoms with Gasteiger partial charge in [-0.3, -0.25) is 4.79 Å². The lowest BCUT2D eigenvalue weighted by Crippen LogP contribution is -2.14. The van der Waals surface area contributed by atoms with E-state index in [0.29, 0.717) is 6.54 Å². The van der Waals surface area contributed by atoms with Crippen molar-refractivity contribution in [1.29, 1.82) is 0 Å². The third-order valence-corrected chi connectivity index (χ3v) is 3.78. The number of nitrogens with one attached hydrogen (secondary N) is 2. The van der Waals surface area contributed by atoms with E-state index in [1.165, 1.54) is 24.4 Å². The fourth-order valence-corrected chi connectivity index (χ4v) is 2.40. The average Bonchev–Trinajstić information content (AvgIpc) is 2.67. The fraction of sp³-hybridized carbons (Fsp3) is 0.100. The van der Waals surface area contributed by atoms with Crippen molar-refractivity contribution in [2.45, 2.75) is 12.7 Å². The second kappa shape index (κ2) is 7.90. The van der Waals surface area contributed by atoms with E-state index >= 15 is 0 Å². The summed E-state index contributed by atoms with van der Waals surface area (Å²) in [6.45, 7) is 0.609. The standard InChI is InChI=1S/C20H16F3N3O/c21-20(22,23)15-7-4-8-16(11-15)26-19(27)18-10-9-17(13-25-18)24-12-14-5-2-1-3-6-14/h1-11,13,24H,12H2,(H,26,27). The maximum Gasteiger partial charge on any atom is 0.416 e. The molecule has 0 bridgehead atoms. The first kappa shape index (κ1) is 18.4. The first-order chi connectivity index (χ1) is 12.9. The molecule has 2 N–H and O–H groups in total. The van der Waals surface area contributed by atoms with Crippen LogP contribution in [0, 0.1) is 0 Å². The molecule has 0 aliphatic rings. The molecule has 0 fully saturated rings. The molecule has 0 unspecified atom stereocenters. The van der Waals surface area contributed by atoms with Gasteiger partial charge in [-0.25, -0.2) is 4.98 Å². The Labute approximate surface area is 154 Å². The van der Waals surface area contributed by atoms with Gasteiger partial charge < -0.3 is 10.6 Å². The minimum absolute atomic E-state index is 0.0582. The number of halogens is 3. The Morgan fingerprint density at radius 1 is 0.926 bits per heavy atom. The number of carbonyl (C=O) groups is 1. The second-order valence-electron chi connectivity index (χ2n) is 5.80. The molecule has 0 saturated heterocycles. The summed E-state index contributed by atoms with van der Waals surface area (Å²) in [4.78, 5) is 16.3. The SMILES string of the molecule is O=C(Nc1cccc(C(F)(F)F)c1)c1ccc(NCc2ccccc2)cn1. The molecule has 138 valence electrons. The van der Waals surface area contributed by atoms with E-state index < -0.39 is 17.6 Å². The van der Waals surface area contributed by atoms with Gasteiger partial charge in [0.2, 0.25) is 0 Å². The number of pyridine rings is 1. The quantitative estimate of drug-likeness (QED) is 0.666. The topological polar surface area (TPSA) is 54.0 Å². The summed E-state index contributed by atoms with van der Waals surface area (Å²) in [5, 5.41) is 5.61. The number of alkyl halides is 3. The molecule has 1 amide bonds. The van der Waals surface area contributed by atoms with E-state index in [-0.39, 0.29) is 11.4 Å². The molecule has 7 heteroatoms. The highest BCUT2D eigenvalue weighted by atomic mass is 19.4. The minimum Gasteiger partial charge on any atom is -0.380 e. The van der Waals surface area contributed by atoms with Crippen molar-refractivity contribution in [3.05, 3.63) is 89.7 Å². The Morgan fingerprint density at radius 2 is 1.70 bits per heavy atom. The van der Waals surface area contributed by atoms with Crippen LogP contribution < -0.4 is 10.6 Å². The molecule has 1 heterocycles. The lowest BCUT2D eigenvalue weighted by molar-refractivity contribution is -0.137. The fourth-order valence-electron chi connectivity index (χ4n) is 2.40. The van der Waals surface area contributed by atoms with Crippen LogP contribution in [-0.4, -0.2) is 10.9 Å². The van der Waals surface area contributed by atoms with Crippen LogP contribution in [0.1, 0.15) is 21.6 Å². The lowest BCUT2D eigenvalue weighted by Gasteiger charge is -2.10. The number of amides is 1. The third kappa shape index (κ3) is 5.07. The predicted molar refractivity (Wildman–Crippen MR) is 97.4 cm³/mol. The van der Waals surface area contributed by atoms with Crippen LogP contribution in [0.25, 0.3) is 0 Å². The minimum atomic E-state index is -4.47. The Balaban J connectivity index is 1.62. The Kier molecular flexibility index (Phi) is 5.40. The molecule has 27 heavy (non-hydrogen) atoms. The second-order valence-corrected chi connectivity index (χ2v) is 5.80. The van der Waals surface area contributed by atoms with Gasteiger partial charge in [0.15, 0.2) is 0 Å². The molecular weight excluding hydrogens is 355 g/mol. The summed E-state index contributed by atoms with van der Waals surface area (Å²) < 4.78 is 38.2. The van der Waals surface area contributed by atoms with Crippen molar-refractivity contribution in [2.24, 2.45) is 0 Å². The lowest BCUT2D eigenvalue weighted by atomic mass is 10.2. The molecule has 0 spiro atoms. The van der Waals surface area contributed by atoms with E-state index in [9.17, 15) is 18.0 Å². The molecule has 1 aromatic heterocycles. The summed E-state index contributed by atoms with van der Waals surface area (Å²) in [6.07, 6.45) is -2.96. The van der Waals surface area contributed by atoms with Crippen LogP contribution in [0.3, 0.4) is 0 Å². The van der Waals surface area contributed by atoms with Gasteiger partial charge in [-0.15, -0.1) is 0 Å². The molecule has 0 radical (unpaired) electrons. The van der Waals surface area contributed by atoms with Gasteiger partial charge in [0.1, 0.15) is 5.69 Å². The number of hydrogen-bond donors (Lipinski definition) is 2. The van der Waals surface area contributed by atoms with E-state index in [1.54, 1.807) is 6.07 Å². The number of aromatic nitrogens is 1. The van der Waals surface area contributed by atoms with Crippen molar-refractivity contribution in [1.82, 2.24) is 4.98 Å². The average molecular weight is 371 g/mol. The zero-order chi connectivity index (χ0) is 19.3. The number of carbonyl (C=O) groups excluding carboxylic acids is 1. The van der Waals surface area contributed by atoms with Gasteiger partial charge in [0.25, 0.3) is 5.91 Å². The monoisotopic (exact) mass is 371 g/mol. The summed E-state index contributed by atoms with van der Waals surface area (Å²) in [5.41, 5.74) is 1.17. The van der Waals surface area contributed by atoms with Crippen LogP contribution in [-0.2, 0) is 12.7 Å². The van der Waals surface area contributed by atoms with Gasteiger partial charge in [-0.1, -0.05) is 36.4 Å². The third-order valence-electron chi connectivity index (χ3n) is 3.78. The Bertz CT molecular complexity index is 910. The molecule has 0 aliphatic heterocycles. The van der Waals surface area contributed by atoms with Gasteiger partial charge in [0.05, 0.1) is 17.4 Å². The summed E-state index contributed by atoms with van der Waals surface area (Å²) in [5.74, 6) is -0.580. The van der Waals surface area contributed by atoms with Crippen LogP contribution in [0.2, 0.25) is 0 Å². The molecule has 0 saturated carbocycles. The number of rotatable bonds is 5. The summed E-state index contributed by atoms with van der Waals surface area (Å²) in [6, 6.07) is 17.4. The van der Waals surface area contributed by atoms with Crippen LogP contribution in [0.5, 0.6) is 0 Å². The summed E-state index contributed by atoms with van der Waals surface area (Å²) >= 11 is 0. The number of hydrogen-bond acceptors (Lipinski definition) is 3. The molecule has 3 rings (SSSR count). The highest BCUT2D eigenvalue weighted by Gasteiger charge is 2.30. The van der Waals surface area contributed by atoms with Gasteiger partial charge in [0, 0.05) is 12.2 Å². The number of nitrogens with zero attached hydrogens (tertiary/aromatic N) is 1. The van der Waals surface area contributed by atoms with Crippen molar-refractivity contribution < 1.29 is 18.0 Å². The molecular formula is C20H16F3N3O. The highest BCUT2D eigenvalue weighted by molar-refractivity contribution is 6.03. The van der Waals surface area contributed by atoms with Crippen LogP contribution >= 0.6 is 0 Å². The predicted octanol–water partition coefficient (Wildman–Crippen LogP) is 4.96. The zero-order valence-electron chi connectivity index (χ0n) is 14.1. The first-order valence-electron chi connectivity index (χ1n) is 8.14. The maximum absolute atomic E-state index is 12.7. The van der Waals surface area contributed by atoms with Crippen LogP contribution in [0.15, 0.2) is 72.9 Å². The largest absolute Gasteiger partial charge is 0.416 e. The molecule has 2 aromatic carbocycles. The highest BCUT2D eigenvalue weighted by Crippen LogP contribution is 2.30. The zero-order valence-corrected chi connectivity index (χ0v) is 14.1. The van der Waals surface area contributed by atoms with E-state index in [0.717, 1.165) is 23.4 Å². The van der Waals surface area contributed by atoms with Crippen molar-refractivity contribution in [3.8, 4) is 0 Å². The first-order valence-corrected chi connectivity index (χ1v) is 8.14. The smallest absolute Gasteiger partial charge is 0.380 e. The number of benzene rings is 2. The molecule has 0 atom stereocenters. The number of anilines is 2. The van der Waals surface area contributed by atoms with Crippen molar-refractivity contribution in [3.63, 3.8) is 0 Å². The van der Waals surface area contributed by atoms with Gasteiger partial charge in [-0.05, 0) is 35.9 Å². The van der Waals surface area contributed by atoms with E-state index in [4.69, 9.17) is 0 Å². The Morgan fingerprint density at radius 3 is 2.37 bits per heavy atom. The molecule has 3 aromatic rings. The normalized spacial score (nSPS) is 11.1. The molecule has 0 aliphatic carbocycles. The van der Waals surface area contributed by atoms with Gasteiger partial charge >= 0.3 is 6.18 Å². The van der Waals surface area contributed by atoms with E-state index in [1.807, 2.05) is 30.3 Å². The summed E-state index contributed by atoms with van der Waals surface area (Å²) in [7, 11) is 0. The van der Waals surface area contributed by atoms with E-state index in [2.05, 4.69) is 15.6 Å².